The van der Waals surface area contributed by atoms with Crippen LogP contribution in [0.4, 0.5) is 0 Å². The van der Waals surface area contributed by atoms with E-state index in [0.29, 0.717) is 42.0 Å². The van der Waals surface area contributed by atoms with E-state index >= 15 is 0 Å². The Bertz CT molecular complexity index is 923. The van der Waals surface area contributed by atoms with Gasteiger partial charge in [0.05, 0.1) is 10.6 Å². The van der Waals surface area contributed by atoms with Crippen molar-refractivity contribution in [1.82, 2.24) is 20.7 Å². The van der Waals surface area contributed by atoms with Gasteiger partial charge < -0.3 is 14.3 Å². The van der Waals surface area contributed by atoms with Gasteiger partial charge in [-0.1, -0.05) is 18.1 Å². The van der Waals surface area contributed by atoms with E-state index in [1.54, 1.807) is 18.3 Å². The van der Waals surface area contributed by atoms with Crippen molar-refractivity contribution in [3.8, 4) is 10.8 Å². The lowest BCUT2D eigenvalue weighted by atomic mass is 9.82. The first-order chi connectivity index (χ1) is 13.7. The maximum Gasteiger partial charge on any atom is 0.257 e. The lowest BCUT2D eigenvalue weighted by molar-refractivity contribution is 0.0940. The van der Waals surface area contributed by atoms with Crippen molar-refractivity contribution in [1.29, 1.82) is 0 Å². The summed E-state index contributed by atoms with van der Waals surface area (Å²) in [6.45, 7) is 4.42. The second-order valence-electron chi connectivity index (χ2n) is 7.26. The molecule has 3 heterocycles. The predicted molar refractivity (Wildman–Crippen MR) is 105 cm³/mol. The largest absolute Gasteiger partial charge is 0.420 e. The van der Waals surface area contributed by atoms with E-state index in [-0.39, 0.29) is 5.91 Å². The Morgan fingerprint density at radius 3 is 2.82 bits per heavy atom. The van der Waals surface area contributed by atoms with Gasteiger partial charge in [0.25, 0.3) is 11.8 Å². The van der Waals surface area contributed by atoms with Gasteiger partial charge in [0.15, 0.2) is 0 Å². The summed E-state index contributed by atoms with van der Waals surface area (Å²) in [5.41, 5.74) is 1.31. The van der Waals surface area contributed by atoms with Gasteiger partial charge in [-0.3, -0.25) is 4.79 Å². The van der Waals surface area contributed by atoms with Gasteiger partial charge in [0, 0.05) is 12.5 Å². The van der Waals surface area contributed by atoms with Crippen molar-refractivity contribution in [3.05, 3.63) is 40.4 Å². The Balaban J connectivity index is 1.29. The zero-order valence-corrected chi connectivity index (χ0v) is 16.9. The van der Waals surface area contributed by atoms with Crippen molar-refractivity contribution in [2.45, 2.75) is 51.9 Å². The second kappa shape index (κ2) is 8.26. The van der Waals surface area contributed by atoms with E-state index in [0.717, 1.165) is 42.1 Å². The molecule has 4 rings (SSSR count). The molecule has 0 bridgehead atoms. The Labute approximate surface area is 167 Å². The third-order valence-electron chi connectivity index (χ3n) is 5.42. The van der Waals surface area contributed by atoms with Crippen LogP contribution < -0.4 is 5.32 Å². The van der Waals surface area contributed by atoms with E-state index in [2.05, 4.69) is 20.7 Å². The molecule has 0 aliphatic heterocycles. The molecule has 148 valence electrons. The molecule has 28 heavy (non-hydrogen) atoms. The van der Waals surface area contributed by atoms with E-state index in [1.165, 1.54) is 0 Å². The molecule has 1 aliphatic rings. The molecule has 7 nitrogen and oxygen atoms in total. The summed E-state index contributed by atoms with van der Waals surface area (Å²) in [7, 11) is 0. The average molecular weight is 401 g/mol. The molecule has 8 heteroatoms. The van der Waals surface area contributed by atoms with Gasteiger partial charge in [-0.25, -0.2) is 0 Å². The second-order valence-corrected chi connectivity index (χ2v) is 8.21. The number of amides is 1. The molecule has 1 N–H and O–H groups in total. The fourth-order valence-electron chi connectivity index (χ4n) is 3.79. The monoisotopic (exact) mass is 400 g/mol. The number of nitrogens with zero attached hydrogens (tertiary/aromatic N) is 3. The van der Waals surface area contributed by atoms with Crippen LogP contribution in [0.25, 0.3) is 10.8 Å². The van der Waals surface area contributed by atoms with Crippen molar-refractivity contribution in [2.24, 2.45) is 5.92 Å². The van der Waals surface area contributed by atoms with Crippen molar-refractivity contribution in [3.63, 3.8) is 0 Å². The van der Waals surface area contributed by atoms with Crippen LogP contribution in [0.15, 0.2) is 26.5 Å². The van der Waals surface area contributed by atoms with E-state index < -0.39 is 0 Å². The van der Waals surface area contributed by atoms with E-state index in [9.17, 15) is 4.79 Å². The van der Waals surface area contributed by atoms with Gasteiger partial charge in [0.1, 0.15) is 11.3 Å². The first-order valence-corrected chi connectivity index (χ1v) is 10.6. The van der Waals surface area contributed by atoms with Gasteiger partial charge >= 0.3 is 0 Å². The molecule has 3 aromatic rings. The van der Waals surface area contributed by atoms with Gasteiger partial charge in [-0.15, -0.1) is 21.5 Å². The number of carbonyl (C=O) groups is 1. The maximum absolute atomic E-state index is 12.5. The zero-order chi connectivity index (χ0) is 19.5. The van der Waals surface area contributed by atoms with Crippen molar-refractivity contribution < 1.29 is 13.7 Å². The topological polar surface area (TPSA) is 94.1 Å². The first-order valence-electron chi connectivity index (χ1n) is 9.76. The number of nitrogens with one attached hydrogen (secondary N) is 1. The number of thiophene rings is 1. The molecule has 1 aliphatic carbocycles. The summed E-state index contributed by atoms with van der Waals surface area (Å²) in [6.07, 6.45) is 4.75. The highest BCUT2D eigenvalue weighted by Gasteiger charge is 2.27. The summed E-state index contributed by atoms with van der Waals surface area (Å²) >= 11 is 1.60. The van der Waals surface area contributed by atoms with Crippen LogP contribution >= 0.6 is 11.3 Å². The normalized spacial score (nSPS) is 19.6. The highest BCUT2D eigenvalue weighted by molar-refractivity contribution is 7.13. The quantitative estimate of drug-likeness (QED) is 0.661. The molecule has 0 aromatic carbocycles. The van der Waals surface area contributed by atoms with Crippen LogP contribution in [0.2, 0.25) is 0 Å². The molecule has 0 spiro atoms. The molecule has 1 amide bonds. The van der Waals surface area contributed by atoms with Gasteiger partial charge in [-0.05, 0) is 56.4 Å². The Morgan fingerprint density at radius 2 is 2.11 bits per heavy atom. The predicted octanol–water partition coefficient (Wildman–Crippen LogP) is 4.36. The lowest BCUT2D eigenvalue weighted by Crippen LogP contribution is -2.31. The summed E-state index contributed by atoms with van der Waals surface area (Å²) in [6, 6.07) is 3.97. The Kier molecular flexibility index (Phi) is 5.57. The van der Waals surface area contributed by atoms with Gasteiger partial charge in [0.2, 0.25) is 5.89 Å². The number of aryl methyl sites for hydroxylation is 2. The summed E-state index contributed by atoms with van der Waals surface area (Å²) in [5.74, 6) is 2.60. The van der Waals surface area contributed by atoms with Crippen LogP contribution in [-0.2, 0) is 6.42 Å². The van der Waals surface area contributed by atoms with Gasteiger partial charge in [-0.2, -0.15) is 0 Å². The SMILES string of the molecule is CCc1noc(C)c1C(=O)NCC1CCC(c2nnc(-c3cccs3)o2)CC1. The van der Waals surface area contributed by atoms with Crippen LogP contribution in [0, 0.1) is 12.8 Å². The van der Waals surface area contributed by atoms with Crippen molar-refractivity contribution in [2.75, 3.05) is 6.54 Å². The molecule has 0 saturated heterocycles. The molecule has 0 unspecified atom stereocenters. The average Bonchev–Trinajstić information content (AvgIpc) is 3.46. The molecular formula is C20H24N4O3S. The molecule has 0 atom stereocenters. The number of aromatic nitrogens is 3. The Morgan fingerprint density at radius 1 is 1.29 bits per heavy atom. The van der Waals surface area contributed by atoms with Crippen LogP contribution in [0.5, 0.6) is 0 Å². The van der Waals surface area contributed by atoms with Crippen LogP contribution in [0.3, 0.4) is 0 Å². The molecule has 3 aromatic heterocycles. The third kappa shape index (κ3) is 3.87. The maximum atomic E-state index is 12.5. The molecular weight excluding hydrogens is 376 g/mol. The molecule has 0 radical (unpaired) electrons. The van der Waals surface area contributed by atoms with Crippen molar-refractivity contribution >= 4 is 17.2 Å². The molecule has 1 saturated carbocycles. The Hall–Kier alpha value is -2.48. The summed E-state index contributed by atoms with van der Waals surface area (Å²) < 4.78 is 11.0. The molecule has 1 fully saturated rings. The lowest BCUT2D eigenvalue weighted by Gasteiger charge is -2.26. The third-order valence-corrected chi connectivity index (χ3v) is 6.27. The minimum atomic E-state index is -0.0878. The summed E-state index contributed by atoms with van der Waals surface area (Å²) in [4.78, 5) is 13.5. The van der Waals surface area contributed by atoms with E-state index in [1.807, 2.05) is 24.4 Å². The first kappa shape index (κ1) is 18.9. The van der Waals surface area contributed by atoms with Crippen LogP contribution in [-0.4, -0.2) is 27.8 Å². The number of rotatable bonds is 6. The highest BCUT2D eigenvalue weighted by atomic mass is 32.1. The number of carbonyl (C=O) groups excluding carboxylic acids is 1. The highest BCUT2D eigenvalue weighted by Crippen LogP contribution is 2.36. The smallest absolute Gasteiger partial charge is 0.257 e. The fourth-order valence-corrected chi connectivity index (χ4v) is 4.43. The number of hydrogen-bond acceptors (Lipinski definition) is 7. The minimum Gasteiger partial charge on any atom is -0.420 e. The fraction of sp³-hybridized carbons (Fsp3) is 0.500. The zero-order valence-electron chi connectivity index (χ0n) is 16.1. The standard InChI is InChI=1S/C20H24N4O3S/c1-3-15-17(12(2)27-24-15)18(25)21-11-13-6-8-14(9-7-13)19-22-23-20(26-19)16-5-4-10-28-16/h4-5,10,13-14H,3,6-9,11H2,1-2H3,(H,21,25). The number of hydrogen-bond donors (Lipinski definition) is 1. The van der Waals surface area contributed by atoms with Crippen LogP contribution in [0.1, 0.15) is 66.2 Å². The van der Waals surface area contributed by atoms with E-state index in [4.69, 9.17) is 8.94 Å². The minimum absolute atomic E-state index is 0.0878. The summed E-state index contributed by atoms with van der Waals surface area (Å²) in [5, 5.41) is 17.5.